The van der Waals surface area contributed by atoms with Gasteiger partial charge in [-0.2, -0.15) is 5.26 Å². The van der Waals surface area contributed by atoms with Gasteiger partial charge in [0, 0.05) is 54.0 Å². The van der Waals surface area contributed by atoms with Gasteiger partial charge in [0.2, 0.25) is 0 Å². The van der Waals surface area contributed by atoms with E-state index in [-0.39, 0.29) is 11.5 Å². The van der Waals surface area contributed by atoms with Crippen LogP contribution in [0.4, 0.5) is 11.4 Å². The minimum absolute atomic E-state index is 0.0351. The number of aromatic nitrogens is 1. The molecule has 0 bridgehead atoms. The summed E-state index contributed by atoms with van der Waals surface area (Å²) >= 11 is 8.72. The van der Waals surface area contributed by atoms with Gasteiger partial charge < -0.3 is 20.8 Å². The molecule has 3 aromatic rings. The van der Waals surface area contributed by atoms with Gasteiger partial charge in [0.05, 0.1) is 52.8 Å². The van der Waals surface area contributed by atoms with Crippen molar-refractivity contribution in [1.82, 2.24) is 25.9 Å². The minimum atomic E-state index is -0.105. The molecule has 1 aromatic carbocycles. The number of nitriles is 1. The first-order valence-corrected chi connectivity index (χ1v) is 16.0. The van der Waals surface area contributed by atoms with Crippen molar-refractivity contribution in [3.63, 3.8) is 0 Å². The molecule has 2 aromatic heterocycles. The molecule has 2 fully saturated rings. The Kier molecular flexibility index (Phi) is 7.19. The van der Waals surface area contributed by atoms with Crippen LogP contribution in [0.25, 0.3) is 10.9 Å². The van der Waals surface area contributed by atoms with Crippen LogP contribution in [0.15, 0.2) is 35.6 Å². The zero-order chi connectivity index (χ0) is 29.0. The summed E-state index contributed by atoms with van der Waals surface area (Å²) < 4.78 is 5.47. The van der Waals surface area contributed by atoms with Crippen molar-refractivity contribution in [3.8, 4) is 6.07 Å². The van der Waals surface area contributed by atoms with Crippen molar-refractivity contribution in [2.45, 2.75) is 64.7 Å². The maximum absolute atomic E-state index is 9.90. The largest absolute Gasteiger partial charge is 0.383 e. The van der Waals surface area contributed by atoms with Crippen molar-refractivity contribution in [1.29, 1.82) is 5.26 Å². The molecule has 11 heteroatoms. The molecule has 1 unspecified atom stereocenters. The van der Waals surface area contributed by atoms with Crippen LogP contribution in [0.2, 0.25) is 5.02 Å². The summed E-state index contributed by atoms with van der Waals surface area (Å²) in [5.74, 6) is 0. The lowest BCUT2D eigenvalue weighted by molar-refractivity contribution is -0.0691. The fourth-order valence-corrected chi connectivity index (χ4v) is 7.28. The molecule has 1 atom stereocenters. The third-order valence-corrected chi connectivity index (χ3v) is 9.79. The van der Waals surface area contributed by atoms with Gasteiger partial charge in [-0.25, -0.2) is 0 Å². The molecule has 1 saturated heterocycles. The summed E-state index contributed by atoms with van der Waals surface area (Å²) in [7, 11) is 0. The number of nitrogens with zero attached hydrogens (tertiary/aromatic N) is 4. The average molecular weight is 605 g/mol. The molecular formula is C31H37ClN8OS. The van der Waals surface area contributed by atoms with Crippen LogP contribution in [0.1, 0.15) is 61.2 Å². The summed E-state index contributed by atoms with van der Waals surface area (Å²) in [6.45, 7) is 10.9. The highest BCUT2D eigenvalue weighted by atomic mass is 35.5. The SMILES string of the molecule is CC(C)(C)CNc1c(C#N)cnc2c(Cl)cc(NC(C3=CN(C4CC4)NN3)c3csc4c3CCN(C3COC3)C4)cc12. The van der Waals surface area contributed by atoms with Crippen molar-refractivity contribution in [2.24, 2.45) is 5.41 Å². The van der Waals surface area contributed by atoms with Gasteiger partial charge in [-0.3, -0.25) is 14.9 Å². The van der Waals surface area contributed by atoms with E-state index in [1.807, 2.05) is 17.4 Å². The maximum Gasteiger partial charge on any atom is 0.103 e. The van der Waals surface area contributed by atoms with E-state index in [9.17, 15) is 5.26 Å². The van der Waals surface area contributed by atoms with Crippen LogP contribution in [0.3, 0.4) is 0 Å². The molecule has 1 saturated carbocycles. The lowest BCUT2D eigenvalue weighted by Crippen LogP contribution is -2.50. The highest BCUT2D eigenvalue weighted by molar-refractivity contribution is 7.10. The second-order valence-electron chi connectivity index (χ2n) is 13.0. The zero-order valence-corrected chi connectivity index (χ0v) is 25.8. The number of hydrazine groups is 2. The Bertz CT molecular complexity index is 1580. The Morgan fingerprint density at radius 3 is 2.81 bits per heavy atom. The van der Waals surface area contributed by atoms with Crippen LogP contribution in [-0.4, -0.2) is 53.3 Å². The number of pyridine rings is 1. The summed E-state index contributed by atoms with van der Waals surface area (Å²) in [5.41, 5.74) is 13.5. The monoisotopic (exact) mass is 604 g/mol. The van der Waals surface area contributed by atoms with Gasteiger partial charge in [-0.1, -0.05) is 32.4 Å². The highest BCUT2D eigenvalue weighted by Crippen LogP contribution is 2.40. The molecule has 3 aliphatic heterocycles. The standard InChI is InChI=1S/C31H37ClN8OS/c1-31(2,3)17-35-28-18(10-33)11-34-29-23(28)8-19(9-25(29)32)36-30(26-12-40(38-37-26)20-4-5-20)24-16-42-27-13-39(7-6-22(24)27)21-14-41-15-21/h8-9,11-12,16,20-21,30,36-38H,4-7,13-15,17H2,1-3H3,(H,34,35). The molecule has 5 heterocycles. The molecule has 7 rings (SSSR count). The van der Waals surface area contributed by atoms with E-state index in [1.54, 1.807) is 6.20 Å². The second-order valence-corrected chi connectivity index (χ2v) is 14.3. The Labute approximate surface area is 255 Å². The molecule has 0 spiro atoms. The third kappa shape index (κ3) is 5.40. The number of ether oxygens (including phenoxy) is 1. The highest BCUT2D eigenvalue weighted by Gasteiger charge is 2.35. The van der Waals surface area contributed by atoms with Crippen LogP contribution >= 0.6 is 22.9 Å². The maximum atomic E-state index is 9.90. The van der Waals surface area contributed by atoms with E-state index < -0.39 is 0 Å². The third-order valence-electron chi connectivity index (χ3n) is 8.47. The fourth-order valence-electron chi connectivity index (χ4n) is 5.86. The Morgan fingerprint density at radius 2 is 2.10 bits per heavy atom. The fraction of sp³-hybridized carbons (Fsp3) is 0.484. The van der Waals surface area contributed by atoms with Crippen LogP contribution < -0.4 is 21.6 Å². The second kappa shape index (κ2) is 10.9. The van der Waals surface area contributed by atoms with Crippen LogP contribution in [-0.2, 0) is 17.7 Å². The van der Waals surface area contributed by atoms with E-state index in [0.29, 0.717) is 34.7 Å². The predicted molar refractivity (Wildman–Crippen MR) is 168 cm³/mol. The van der Waals surface area contributed by atoms with Crippen molar-refractivity contribution >= 4 is 45.2 Å². The number of benzene rings is 1. The normalized spacial score (nSPS) is 20.0. The molecule has 4 aliphatic rings. The van der Waals surface area contributed by atoms with Crippen LogP contribution in [0, 0.1) is 16.7 Å². The molecule has 9 nitrogen and oxygen atoms in total. The van der Waals surface area contributed by atoms with E-state index in [4.69, 9.17) is 16.3 Å². The topological polar surface area (TPSA) is 101 Å². The first-order chi connectivity index (χ1) is 20.3. The smallest absolute Gasteiger partial charge is 0.103 e. The van der Waals surface area contributed by atoms with Gasteiger partial charge in [-0.05, 0) is 53.3 Å². The number of anilines is 2. The van der Waals surface area contributed by atoms with E-state index >= 15 is 0 Å². The molecular weight excluding hydrogens is 568 g/mol. The first-order valence-electron chi connectivity index (χ1n) is 14.7. The number of nitrogens with one attached hydrogen (secondary N) is 4. The summed E-state index contributed by atoms with van der Waals surface area (Å²) in [4.78, 5) is 8.56. The number of rotatable bonds is 8. The Hall–Kier alpha value is -3.07. The summed E-state index contributed by atoms with van der Waals surface area (Å²) in [6, 6.07) is 7.31. The van der Waals surface area contributed by atoms with Crippen molar-refractivity contribution in [3.05, 3.63) is 62.2 Å². The average Bonchev–Trinajstić information content (AvgIpc) is 3.51. The molecule has 0 amide bonds. The number of hydrogen-bond donors (Lipinski definition) is 4. The lowest BCUT2D eigenvalue weighted by atomic mass is 9.95. The Balaban J connectivity index is 1.26. The number of halogens is 1. The molecule has 42 heavy (non-hydrogen) atoms. The quantitative estimate of drug-likeness (QED) is 0.265. The van der Waals surface area contributed by atoms with Gasteiger partial charge in [-0.15, -0.1) is 16.9 Å². The van der Waals surface area contributed by atoms with Gasteiger partial charge in [0.15, 0.2) is 0 Å². The van der Waals surface area contributed by atoms with E-state index in [1.165, 1.54) is 28.8 Å². The van der Waals surface area contributed by atoms with Crippen molar-refractivity contribution < 1.29 is 4.74 Å². The van der Waals surface area contributed by atoms with Gasteiger partial charge >= 0.3 is 0 Å². The molecule has 0 radical (unpaired) electrons. The van der Waals surface area contributed by atoms with Gasteiger partial charge in [0.25, 0.3) is 0 Å². The zero-order valence-electron chi connectivity index (χ0n) is 24.3. The van der Waals surface area contributed by atoms with Gasteiger partial charge in [0.1, 0.15) is 6.07 Å². The molecule has 220 valence electrons. The molecule has 1 aliphatic carbocycles. The van der Waals surface area contributed by atoms with E-state index in [2.05, 4.69) is 81.0 Å². The number of thiophene rings is 1. The summed E-state index contributed by atoms with van der Waals surface area (Å²) in [5, 5.41) is 23.2. The number of hydrogen-bond acceptors (Lipinski definition) is 10. The minimum Gasteiger partial charge on any atom is -0.383 e. The molecule has 4 N–H and O–H groups in total. The number of fused-ring (bicyclic) bond motifs is 2. The first kappa shape index (κ1) is 27.7. The lowest BCUT2D eigenvalue weighted by Gasteiger charge is -2.39. The van der Waals surface area contributed by atoms with Crippen molar-refractivity contribution in [2.75, 3.05) is 36.9 Å². The van der Waals surface area contributed by atoms with E-state index in [0.717, 1.165) is 55.2 Å². The summed E-state index contributed by atoms with van der Waals surface area (Å²) in [6.07, 6.45) is 7.23. The van der Waals surface area contributed by atoms with Crippen LogP contribution in [0.5, 0.6) is 0 Å². The Morgan fingerprint density at radius 1 is 1.26 bits per heavy atom. The predicted octanol–water partition coefficient (Wildman–Crippen LogP) is 5.52.